The third kappa shape index (κ3) is 3.45. The van der Waals surface area contributed by atoms with Gasteiger partial charge in [-0.15, -0.1) is 0 Å². The molecule has 0 bridgehead atoms. The van der Waals surface area contributed by atoms with Gasteiger partial charge in [-0.3, -0.25) is 9.36 Å². The predicted octanol–water partition coefficient (Wildman–Crippen LogP) is -0.949. The number of ether oxygens (including phenoxy) is 1. The highest BCUT2D eigenvalue weighted by atomic mass is 16.6. The van der Waals surface area contributed by atoms with Crippen LogP contribution < -0.4 is 5.32 Å². The highest BCUT2D eigenvalue weighted by molar-refractivity contribution is 6.06. The molecular weight excluding hydrogens is 382 g/mol. The molecule has 3 heterocycles. The van der Waals surface area contributed by atoms with Crippen LogP contribution in [0, 0.1) is 0 Å². The largest absolute Gasteiger partial charge is 0.394 e. The molecule has 29 heavy (non-hydrogen) atoms. The van der Waals surface area contributed by atoms with Crippen molar-refractivity contribution in [1.29, 1.82) is 0 Å². The van der Waals surface area contributed by atoms with E-state index in [1.54, 1.807) is 30.3 Å². The van der Waals surface area contributed by atoms with Crippen LogP contribution in [0.25, 0.3) is 11.2 Å². The number of imidazole rings is 1. The van der Waals surface area contributed by atoms with Gasteiger partial charge in [0.25, 0.3) is 5.91 Å². The Morgan fingerprint density at radius 2 is 1.83 bits per heavy atom. The number of amides is 1. The zero-order chi connectivity index (χ0) is 20.5. The van der Waals surface area contributed by atoms with E-state index in [0.717, 1.165) is 0 Å². The van der Waals surface area contributed by atoms with Crippen LogP contribution in [0.3, 0.4) is 0 Å². The van der Waals surface area contributed by atoms with Crippen LogP contribution in [0.5, 0.6) is 0 Å². The number of hydrogen-bond donors (Lipinski definition) is 5. The van der Waals surface area contributed by atoms with Gasteiger partial charge in [-0.05, 0) is 12.1 Å². The first kappa shape index (κ1) is 19.4. The van der Waals surface area contributed by atoms with Crippen LogP contribution >= 0.6 is 0 Å². The van der Waals surface area contributed by atoms with E-state index >= 15 is 0 Å². The second-order valence-electron chi connectivity index (χ2n) is 6.59. The monoisotopic (exact) mass is 401 g/mol. The lowest BCUT2D eigenvalue weighted by Crippen LogP contribution is -2.56. The highest BCUT2D eigenvalue weighted by Gasteiger charge is 2.44. The fourth-order valence-corrected chi connectivity index (χ4v) is 3.21. The number of anilines is 1. The van der Waals surface area contributed by atoms with Gasteiger partial charge in [0.05, 0.1) is 12.9 Å². The molecular formula is C18H19N5O6. The summed E-state index contributed by atoms with van der Waals surface area (Å²) in [5.41, 5.74) is 0.911. The minimum absolute atomic E-state index is 0.159. The zero-order valence-electron chi connectivity index (χ0n) is 15.0. The zero-order valence-corrected chi connectivity index (χ0v) is 15.0. The number of aliphatic hydroxyl groups is 4. The lowest BCUT2D eigenvalue weighted by molar-refractivity contribution is -0.250. The van der Waals surface area contributed by atoms with Gasteiger partial charge in [0, 0.05) is 5.56 Å². The van der Waals surface area contributed by atoms with Crippen LogP contribution in [0.15, 0.2) is 43.0 Å². The van der Waals surface area contributed by atoms with Crippen molar-refractivity contribution in [3.63, 3.8) is 0 Å². The van der Waals surface area contributed by atoms with Crippen LogP contribution in [0.4, 0.5) is 5.82 Å². The number of carbonyl (C=O) groups is 1. The van der Waals surface area contributed by atoms with Crippen LogP contribution in [-0.2, 0) is 4.74 Å². The van der Waals surface area contributed by atoms with Gasteiger partial charge in [-0.1, -0.05) is 18.2 Å². The Hall–Kier alpha value is -2.96. The van der Waals surface area contributed by atoms with Crippen LogP contribution in [0.2, 0.25) is 0 Å². The fraction of sp³-hybridized carbons (Fsp3) is 0.333. The van der Waals surface area contributed by atoms with Crippen molar-refractivity contribution in [3.05, 3.63) is 48.5 Å². The first-order chi connectivity index (χ1) is 14.0. The van der Waals surface area contributed by atoms with Crippen LogP contribution in [-0.4, -0.2) is 76.9 Å². The molecule has 0 radical (unpaired) electrons. The Balaban J connectivity index is 1.66. The van der Waals surface area contributed by atoms with Crippen molar-refractivity contribution in [2.75, 3.05) is 11.9 Å². The van der Waals surface area contributed by atoms with E-state index < -0.39 is 37.3 Å². The second kappa shape index (κ2) is 7.81. The molecule has 1 saturated heterocycles. The molecule has 1 aromatic carbocycles. The number of rotatable bonds is 4. The molecule has 0 spiro atoms. The summed E-state index contributed by atoms with van der Waals surface area (Å²) in [6.07, 6.45) is -4.23. The first-order valence-corrected chi connectivity index (χ1v) is 8.85. The van der Waals surface area contributed by atoms with Gasteiger partial charge >= 0.3 is 0 Å². The topological polar surface area (TPSA) is 163 Å². The van der Waals surface area contributed by atoms with E-state index in [1.807, 2.05) is 0 Å². The Bertz CT molecular complexity index is 1010. The maximum atomic E-state index is 12.4. The standard InChI is InChI=1S/C18H19N5O6/c24-6-10-12(25)13(26)14(27)18(29-10)23-8-21-11-15(19-7-20-16(11)23)22-17(28)9-4-2-1-3-5-9/h1-5,7-8,10,12-14,18,24-27H,6H2,(H,19,20,22,28). The molecule has 1 amide bonds. The van der Waals surface area contributed by atoms with Crippen LogP contribution in [0.1, 0.15) is 16.6 Å². The van der Waals surface area contributed by atoms with Crippen molar-refractivity contribution in [3.8, 4) is 0 Å². The lowest BCUT2D eigenvalue weighted by atomic mass is 9.98. The van der Waals surface area contributed by atoms with E-state index in [1.165, 1.54) is 17.2 Å². The SMILES string of the molecule is O=C(Nc1ncnc2c1ncn2C1OC(CO)C(O)C(O)C1O)c1ccccc1. The molecule has 3 aromatic rings. The minimum atomic E-state index is -1.54. The number of nitrogens with zero attached hydrogens (tertiary/aromatic N) is 4. The summed E-state index contributed by atoms with van der Waals surface area (Å²) in [4.78, 5) is 24.8. The summed E-state index contributed by atoms with van der Waals surface area (Å²) in [6, 6.07) is 8.57. The minimum Gasteiger partial charge on any atom is -0.394 e. The third-order valence-corrected chi connectivity index (χ3v) is 4.77. The van der Waals surface area contributed by atoms with Crippen molar-refractivity contribution in [2.45, 2.75) is 30.6 Å². The van der Waals surface area contributed by atoms with Crippen molar-refractivity contribution in [1.82, 2.24) is 19.5 Å². The maximum Gasteiger partial charge on any atom is 0.256 e. The van der Waals surface area contributed by atoms with Gasteiger partial charge in [0.2, 0.25) is 0 Å². The number of carbonyl (C=O) groups excluding carboxylic acids is 1. The van der Waals surface area contributed by atoms with E-state index in [4.69, 9.17) is 4.74 Å². The molecule has 1 aliphatic heterocycles. The highest BCUT2D eigenvalue weighted by Crippen LogP contribution is 2.31. The molecule has 1 fully saturated rings. The number of fused-ring (bicyclic) bond motifs is 1. The van der Waals surface area contributed by atoms with Gasteiger partial charge in [-0.25, -0.2) is 15.0 Å². The predicted molar refractivity (Wildman–Crippen MR) is 98.7 cm³/mol. The quantitative estimate of drug-likeness (QED) is 0.371. The molecule has 0 saturated carbocycles. The van der Waals surface area contributed by atoms with Crippen molar-refractivity contribution in [2.24, 2.45) is 0 Å². The molecule has 5 atom stereocenters. The Morgan fingerprint density at radius 3 is 2.55 bits per heavy atom. The number of benzene rings is 1. The summed E-state index contributed by atoms with van der Waals surface area (Å²) in [5.74, 6) is -0.222. The number of nitrogens with one attached hydrogen (secondary N) is 1. The molecule has 11 nitrogen and oxygen atoms in total. The second-order valence-corrected chi connectivity index (χ2v) is 6.59. The molecule has 11 heteroatoms. The summed E-state index contributed by atoms with van der Waals surface area (Å²) < 4.78 is 6.88. The Labute approximate surface area is 164 Å². The average Bonchev–Trinajstić information content (AvgIpc) is 3.18. The summed E-state index contributed by atoms with van der Waals surface area (Å²) in [5, 5.41) is 42.3. The number of aromatic nitrogens is 4. The Morgan fingerprint density at radius 1 is 1.07 bits per heavy atom. The summed E-state index contributed by atoms with van der Waals surface area (Å²) >= 11 is 0. The van der Waals surface area contributed by atoms with E-state index in [9.17, 15) is 25.2 Å². The normalized spacial score (nSPS) is 27.1. The Kier molecular flexibility index (Phi) is 5.22. The third-order valence-electron chi connectivity index (χ3n) is 4.77. The molecule has 1 aliphatic rings. The summed E-state index contributed by atoms with van der Waals surface area (Å²) in [7, 11) is 0. The van der Waals surface area contributed by atoms with E-state index in [0.29, 0.717) is 5.56 Å². The smallest absolute Gasteiger partial charge is 0.256 e. The molecule has 2 aromatic heterocycles. The molecule has 4 rings (SSSR count). The average molecular weight is 401 g/mol. The number of hydrogen-bond acceptors (Lipinski definition) is 9. The first-order valence-electron chi connectivity index (χ1n) is 8.85. The number of aliphatic hydroxyl groups excluding tert-OH is 4. The van der Waals surface area contributed by atoms with Gasteiger partial charge < -0.3 is 30.5 Å². The van der Waals surface area contributed by atoms with Crippen molar-refractivity contribution < 1.29 is 30.0 Å². The molecule has 0 aliphatic carbocycles. The van der Waals surface area contributed by atoms with Gasteiger partial charge in [0.15, 0.2) is 23.2 Å². The van der Waals surface area contributed by atoms with E-state index in [2.05, 4.69) is 20.3 Å². The fourth-order valence-electron chi connectivity index (χ4n) is 3.21. The molecule has 152 valence electrons. The molecule has 5 unspecified atom stereocenters. The van der Waals surface area contributed by atoms with Gasteiger partial charge in [-0.2, -0.15) is 0 Å². The van der Waals surface area contributed by atoms with Crippen molar-refractivity contribution >= 4 is 22.9 Å². The lowest BCUT2D eigenvalue weighted by Gasteiger charge is -2.40. The maximum absolute atomic E-state index is 12.4. The molecule has 5 N–H and O–H groups in total. The van der Waals surface area contributed by atoms with E-state index in [-0.39, 0.29) is 22.9 Å². The van der Waals surface area contributed by atoms with Gasteiger partial charge in [0.1, 0.15) is 30.7 Å². The summed E-state index contributed by atoms with van der Waals surface area (Å²) in [6.45, 7) is -0.554.